The van der Waals surface area contributed by atoms with E-state index in [4.69, 9.17) is 0 Å². The zero-order chi connectivity index (χ0) is 12.1. The SMILES string of the molecule is CC(NCC1(CO)CCCC1)c1cccnc1. The molecule has 94 valence electrons. The average Bonchev–Trinajstić information content (AvgIpc) is 2.86. The standard InChI is InChI=1S/C14H22N2O/c1-12(13-5-4-8-15-9-13)16-10-14(11-17)6-2-3-7-14/h4-5,8-9,12,16-17H,2-3,6-7,10-11H2,1H3. The highest BCUT2D eigenvalue weighted by molar-refractivity contribution is 5.12. The Labute approximate surface area is 103 Å². The molecule has 1 fully saturated rings. The van der Waals surface area contributed by atoms with Gasteiger partial charge in [0, 0.05) is 37.0 Å². The number of nitrogens with zero attached hydrogens (tertiary/aromatic N) is 1. The number of aromatic nitrogens is 1. The van der Waals surface area contributed by atoms with Crippen molar-refractivity contribution in [1.29, 1.82) is 0 Å². The molecule has 0 saturated heterocycles. The maximum Gasteiger partial charge on any atom is 0.0499 e. The Kier molecular flexibility index (Phi) is 4.13. The summed E-state index contributed by atoms with van der Waals surface area (Å²) < 4.78 is 0. The van der Waals surface area contributed by atoms with Crippen LogP contribution in [0, 0.1) is 5.41 Å². The van der Waals surface area contributed by atoms with Crippen molar-refractivity contribution in [3.05, 3.63) is 30.1 Å². The molecule has 0 amide bonds. The molecule has 1 aromatic rings. The van der Waals surface area contributed by atoms with E-state index < -0.39 is 0 Å². The number of rotatable bonds is 5. The molecule has 1 unspecified atom stereocenters. The molecular weight excluding hydrogens is 212 g/mol. The highest BCUT2D eigenvalue weighted by Gasteiger charge is 2.33. The lowest BCUT2D eigenvalue weighted by Gasteiger charge is -2.28. The van der Waals surface area contributed by atoms with Gasteiger partial charge < -0.3 is 10.4 Å². The summed E-state index contributed by atoms with van der Waals surface area (Å²) >= 11 is 0. The molecule has 0 aliphatic heterocycles. The van der Waals surface area contributed by atoms with E-state index >= 15 is 0 Å². The van der Waals surface area contributed by atoms with E-state index in [0.29, 0.717) is 12.6 Å². The van der Waals surface area contributed by atoms with Crippen LogP contribution in [-0.4, -0.2) is 23.2 Å². The second-order valence-electron chi connectivity index (χ2n) is 5.25. The number of hydrogen-bond donors (Lipinski definition) is 2. The van der Waals surface area contributed by atoms with Crippen molar-refractivity contribution in [3.8, 4) is 0 Å². The van der Waals surface area contributed by atoms with Crippen LogP contribution in [0.15, 0.2) is 24.5 Å². The number of nitrogens with one attached hydrogen (secondary N) is 1. The maximum absolute atomic E-state index is 9.55. The Morgan fingerprint density at radius 1 is 1.47 bits per heavy atom. The van der Waals surface area contributed by atoms with Gasteiger partial charge in [-0.3, -0.25) is 4.98 Å². The molecule has 1 heterocycles. The second kappa shape index (κ2) is 5.61. The van der Waals surface area contributed by atoms with Crippen molar-refractivity contribution in [1.82, 2.24) is 10.3 Å². The molecule has 1 aliphatic rings. The molecule has 0 radical (unpaired) electrons. The third-order valence-corrected chi connectivity index (χ3v) is 3.97. The molecule has 1 atom stereocenters. The smallest absolute Gasteiger partial charge is 0.0499 e. The van der Waals surface area contributed by atoms with Crippen LogP contribution in [0.1, 0.15) is 44.2 Å². The van der Waals surface area contributed by atoms with Gasteiger partial charge in [0.05, 0.1) is 0 Å². The predicted octanol–water partition coefficient (Wildman–Crippen LogP) is 2.28. The Hall–Kier alpha value is -0.930. The lowest BCUT2D eigenvalue weighted by Crippen LogP contribution is -2.36. The first-order chi connectivity index (χ1) is 8.26. The second-order valence-corrected chi connectivity index (χ2v) is 5.25. The van der Waals surface area contributed by atoms with Crippen LogP contribution in [0.25, 0.3) is 0 Å². The van der Waals surface area contributed by atoms with Gasteiger partial charge in [-0.25, -0.2) is 0 Å². The Morgan fingerprint density at radius 3 is 2.82 bits per heavy atom. The molecule has 1 aromatic heterocycles. The van der Waals surface area contributed by atoms with Gasteiger partial charge in [0.15, 0.2) is 0 Å². The van der Waals surface area contributed by atoms with E-state index in [-0.39, 0.29) is 5.41 Å². The fourth-order valence-corrected chi connectivity index (χ4v) is 2.64. The largest absolute Gasteiger partial charge is 0.396 e. The molecule has 1 saturated carbocycles. The molecule has 0 bridgehead atoms. The summed E-state index contributed by atoms with van der Waals surface area (Å²) in [6, 6.07) is 4.35. The fraction of sp³-hybridized carbons (Fsp3) is 0.643. The molecule has 2 rings (SSSR count). The Balaban J connectivity index is 1.89. The highest BCUT2D eigenvalue weighted by Crippen LogP contribution is 2.37. The average molecular weight is 234 g/mol. The minimum absolute atomic E-state index is 0.121. The third kappa shape index (κ3) is 3.05. The quantitative estimate of drug-likeness (QED) is 0.821. The fourth-order valence-electron chi connectivity index (χ4n) is 2.64. The van der Waals surface area contributed by atoms with Crippen LogP contribution in [0.2, 0.25) is 0 Å². The topological polar surface area (TPSA) is 45.1 Å². The molecule has 0 aromatic carbocycles. The van der Waals surface area contributed by atoms with E-state index in [1.165, 1.54) is 18.4 Å². The van der Waals surface area contributed by atoms with Crippen molar-refractivity contribution >= 4 is 0 Å². The summed E-state index contributed by atoms with van der Waals surface area (Å²) in [5.41, 5.74) is 1.33. The van der Waals surface area contributed by atoms with Gasteiger partial charge in [-0.2, -0.15) is 0 Å². The summed E-state index contributed by atoms with van der Waals surface area (Å²) in [5, 5.41) is 13.1. The van der Waals surface area contributed by atoms with E-state index in [1.54, 1.807) is 6.20 Å². The number of hydrogen-bond acceptors (Lipinski definition) is 3. The first kappa shape index (κ1) is 12.5. The summed E-state index contributed by atoms with van der Waals surface area (Å²) in [5.74, 6) is 0. The van der Waals surface area contributed by atoms with Crippen LogP contribution < -0.4 is 5.32 Å². The monoisotopic (exact) mass is 234 g/mol. The van der Waals surface area contributed by atoms with Crippen molar-refractivity contribution < 1.29 is 5.11 Å². The molecule has 17 heavy (non-hydrogen) atoms. The molecule has 3 nitrogen and oxygen atoms in total. The normalized spacial score (nSPS) is 20.4. The molecule has 2 N–H and O–H groups in total. The van der Waals surface area contributed by atoms with Crippen LogP contribution in [0.5, 0.6) is 0 Å². The minimum Gasteiger partial charge on any atom is -0.396 e. The number of aliphatic hydroxyl groups is 1. The minimum atomic E-state index is 0.121. The summed E-state index contributed by atoms with van der Waals surface area (Å²) in [6.45, 7) is 3.36. The summed E-state index contributed by atoms with van der Waals surface area (Å²) in [7, 11) is 0. The van der Waals surface area contributed by atoms with E-state index in [2.05, 4.69) is 23.3 Å². The van der Waals surface area contributed by atoms with E-state index in [1.807, 2.05) is 12.3 Å². The van der Waals surface area contributed by atoms with Crippen LogP contribution in [0.4, 0.5) is 0 Å². The lowest BCUT2D eigenvalue weighted by molar-refractivity contribution is 0.125. The van der Waals surface area contributed by atoms with Gasteiger partial charge in [0.1, 0.15) is 0 Å². The van der Waals surface area contributed by atoms with Crippen LogP contribution >= 0.6 is 0 Å². The van der Waals surface area contributed by atoms with Crippen molar-refractivity contribution in [3.63, 3.8) is 0 Å². The van der Waals surface area contributed by atoms with Crippen LogP contribution in [0.3, 0.4) is 0 Å². The zero-order valence-electron chi connectivity index (χ0n) is 10.5. The van der Waals surface area contributed by atoms with E-state index in [9.17, 15) is 5.11 Å². The number of pyridine rings is 1. The van der Waals surface area contributed by atoms with Crippen molar-refractivity contribution in [2.75, 3.05) is 13.2 Å². The predicted molar refractivity (Wildman–Crippen MR) is 68.6 cm³/mol. The Bertz CT molecular complexity index is 333. The highest BCUT2D eigenvalue weighted by atomic mass is 16.3. The first-order valence-corrected chi connectivity index (χ1v) is 6.50. The Morgan fingerprint density at radius 2 is 2.24 bits per heavy atom. The van der Waals surface area contributed by atoms with Gasteiger partial charge in [-0.05, 0) is 31.4 Å². The third-order valence-electron chi connectivity index (χ3n) is 3.97. The van der Waals surface area contributed by atoms with Gasteiger partial charge in [-0.15, -0.1) is 0 Å². The van der Waals surface area contributed by atoms with Crippen molar-refractivity contribution in [2.45, 2.75) is 38.6 Å². The zero-order valence-corrected chi connectivity index (χ0v) is 10.5. The van der Waals surface area contributed by atoms with Gasteiger partial charge >= 0.3 is 0 Å². The van der Waals surface area contributed by atoms with Gasteiger partial charge in [-0.1, -0.05) is 18.9 Å². The number of aliphatic hydroxyl groups excluding tert-OH is 1. The van der Waals surface area contributed by atoms with Gasteiger partial charge in [0.25, 0.3) is 0 Å². The summed E-state index contributed by atoms with van der Waals surface area (Å²) in [6.07, 6.45) is 8.50. The van der Waals surface area contributed by atoms with E-state index in [0.717, 1.165) is 19.4 Å². The maximum atomic E-state index is 9.55. The van der Waals surface area contributed by atoms with Gasteiger partial charge in [0.2, 0.25) is 0 Å². The lowest BCUT2D eigenvalue weighted by atomic mass is 9.87. The molecule has 1 aliphatic carbocycles. The first-order valence-electron chi connectivity index (χ1n) is 6.50. The molecule has 0 spiro atoms. The van der Waals surface area contributed by atoms with Crippen molar-refractivity contribution in [2.24, 2.45) is 5.41 Å². The summed E-state index contributed by atoms with van der Waals surface area (Å²) in [4.78, 5) is 4.13. The molecular formula is C14H22N2O. The van der Waals surface area contributed by atoms with Crippen LogP contribution in [-0.2, 0) is 0 Å². The molecule has 3 heteroatoms.